The fourth-order valence-electron chi connectivity index (χ4n) is 5.51. The average molecular weight is 527 g/mol. The van der Waals surface area contributed by atoms with Crippen molar-refractivity contribution < 1.29 is 0 Å². The number of hydrogen-bond acceptors (Lipinski definition) is 4. The van der Waals surface area contributed by atoms with Crippen LogP contribution in [0, 0.1) is 0 Å². The molecule has 0 aliphatic rings. The molecule has 4 nitrogen and oxygen atoms in total. The van der Waals surface area contributed by atoms with E-state index in [4.69, 9.17) is 9.97 Å². The van der Waals surface area contributed by atoms with Crippen LogP contribution in [-0.2, 0) is 0 Å². The number of aliphatic imine (C=N–C) groups is 1. The zero-order chi connectivity index (χ0) is 27.8. The summed E-state index contributed by atoms with van der Waals surface area (Å²) in [6.07, 6.45) is 5.75. The standard InChI is InChI=1S/C37H26N4/c1-3-7-34-33(38-2)22-21-31(40-34)26-15-11-24(12-16-26)25-13-17-27(18-14-25)35-29-9-4-5-10-32(29)41-37-30(35)20-19-28-8-6-23-39-36(28)37/h3-23H,2H2,1H3/b7-3-. The monoisotopic (exact) mass is 526 g/mol. The van der Waals surface area contributed by atoms with Crippen LogP contribution in [0.5, 0.6) is 0 Å². The summed E-state index contributed by atoms with van der Waals surface area (Å²) < 4.78 is 0. The lowest BCUT2D eigenvalue weighted by Crippen LogP contribution is -1.91. The van der Waals surface area contributed by atoms with Gasteiger partial charge in [-0.1, -0.05) is 91.0 Å². The Kier molecular flexibility index (Phi) is 6.14. The van der Waals surface area contributed by atoms with Crippen LogP contribution >= 0.6 is 0 Å². The molecule has 0 saturated carbocycles. The zero-order valence-corrected chi connectivity index (χ0v) is 22.6. The van der Waals surface area contributed by atoms with E-state index in [9.17, 15) is 0 Å². The maximum Gasteiger partial charge on any atom is 0.0978 e. The van der Waals surface area contributed by atoms with Gasteiger partial charge in [-0.05, 0) is 60.7 Å². The number of nitrogens with zero attached hydrogens (tertiary/aromatic N) is 4. The van der Waals surface area contributed by atoms with Crippen molar-refractivity contribution >= 4 is 51.2 Å². The van der Waals surface area contributed by atoms with Gasteiger partial charge in [-0.15, -0.1) is 0 Å². The van der Waals surface area contributed by atoms with E-state index in [0.717, 1.165) is 72.0 Å². The van der Waals surface area contributed by atoms with Crippen LogP contribution in [-0.4, -0.2) is 21.7 Å². The van der Waals surface area contributed by atoms with E-state index in [2.05, 4.69) is 102 Å². The first-order valence-corrected chi connectivity index (χ1v) is 13.6. The van der Waals surface area contributed by atoms with Crippen LogP contribution in [0.3, 0.4) is 0 Å². The van der Waals surface area contributed by atoms with E-state index in [1.807, 2.05) is 49.5 Å². The van der Waals surface area contributed by atoms with Gasteiger partial charge in [0.2, 0.25) is 0 Å². The molecule has 0 aliphatic heterocycles. The number of aromatic nitrogens is 3. The minimum Gasteiger partial charge on any atom is -0.262 e. The lowest BCUT2D eigenvalue weighted by atomic mass is 9.93. The maximum atomic E-state index is 5.04. The van der Waals surface area contributed by atoms with Crippen molar-refractivity contribution in [1.29, 1.82) is 0 Å². The summed E-state index contributed by atoms with van der Waals surface area (Å²) in [5.74, 6) is 0. The van der Waals surface area contributed by atoms with Crippen molar-refractivity contribution in [3.63, 3.8) is 0 Å². The van der Waals surface area contributed by atoms with Gasteiger partial charge in [-0.3, -0.25) is 9.98 Å². The van der Waals surface area contributed by atoms with E-state index in [0.29, 0.717) is 0 Å². The van der Waals surface area contributed by atoms with Crippen LogP contribution in [0.15, 0.2) is 126 Å². The molecule has 0 spiro atoms. The third-order valence-corrected chi connectivity index (χ3v) is 7.51. The SMILES string of the molecule is C=Nc1ccc(-c2ccc(-c3ccc(-c4c5ccccc5nc5c4ccc4cccnc45)cc3)cc2)nc1/C=C\C. The van der Waals surface area contributed by atoms with Crippen molar-refractivity contribution in [2.45, 2.75) is 6.92 Å². The van der Waals surface area contributed by atoms with Gasteiger partial charge in [0.25, 0.3) is 0 Å². The molecule has 0 atom stereocenters. The van der Waals surface area contributed by atoms with Gasteiger partial charge in [0.15, 0.2) is 0 Å². The molecule has 4 aromatic carbocycles. The van der Waals surface area contributed by atoms with Gasteiger partial charge in [-0.2, -0.15) is 0 Å². The summed E-state index contributed by atoms with van der Waals surface area (Å²) in [7, 11) is 0. The third-order valence-electron chi connectivity index (χ3n) is 7.51. The predicted molar refractivity (Wildman–Crippen MR) is 173 cm³/mol. The van der Waals surface area contributed by atoms with Crippen LogP contribution in [0.2, 0.25) is 0 Å². The van der Waals surface area contributed by atoms with Gasteiger partial charge in [0.05, 0.1) is 33.6 Å². The second-order valence-corrected chi connectivity index (χ2v) is 9.95. The maximum absolute atomic E-state index is 5.04. The molecule has 4 heteroatoms. The molecule has 0 saturated heterocycles. The van der Waals surface area contributed by atoms with Gasteiger partial charge >= 0.3 is 0 Å². The molecule has 0 unspecified atom stereocenters. The largest absolute Gasteiger partial charge is 0.262 e. The Morgan fingerprint density at radius 2 is 1.37 bits per heavy atom. The van der Waals surface area contributed by atoms with Gasteiger partial charge < -0.3 is 0 Å². The average Bonchev–Trinajstić information content (AvgIpc) is 3.04. The number of benzene rings is 4. The highest BCUT2D eigenvalue weighted by Gasteiger charge is 2.14. The number of allylic oxidation sites excluding steroid dienone is 1. The Labute approximate surface area is 238 Å². The van der Waals surface area contributed by atoms with E-state index >= 15 is 0 Å². The highest BCUT2D eigenvalue weighted by molar-refractivity contribution is 6.15. The normalized spacial score (nSPS) is 11.5. The van der Waals surface area contributed by atoms with Crippen molar-refractivity contribution in [3.05, 3.63) is 127 Å². The predicted octanol–water partition coefficient (Wildman–Crippen LogP) is 9.70. The molecule has 3 heterocycles. The minimum atomic E-state index is 0.780. The molecule has 3 aromatic heterocycles. The Balaban J connectivity index is 1.28. The van der Waals surface area contributed by atoms with E-state index < -0.39 is 0 Å². The lowest BCUT2D eigenvalue weighted by molar-refractivity contribution is 1.28. The summed E-state index contributed by atoms with van der Waals surface area (Å²) >= 11 is 0. The number of pyridine rings is 3. The van der Waals surface area contributed by atoms with Crippen LogP contribution in [0.4, 0.5) is 5.69 Å². The molecule has 0 aliphatic carbocycles. The molecule has 7 rings (SSSR count). The Morgan fingerprint density at radius 3 is 2.12 bits per heavy atom. The first-order chi connectivity index (χ1) is 20.2. The van der Waals surface area contributed by atoms with Gasteiger partial charge in [0, 0.05) is 33.5 Å². The molecule has 0 bridgehead atoms. The Morgan fingerprint density at radius 1 is 0.634 bits per heavy atom. The molecule has 0 N–H and O–H groups in total. The van der Waals surface area contributed by atoms with Crippen LogP contribution in [0.1, 0.15) is 12.6 Å². The molecule has 41 heavy (non-hydrogen) atoms. The van der Waals surface area contributed by atoms with Gasteiger partial charge in [0.1, 0.15) is 0 Å². The first-order valence-electron chi connectivity index (χ1n) is 13.6. The van der Waals surface area contributed by atoms with Crippen LogP contribution < -0.4 is 0 Å². The van der Waals surface area contributed by atoms with Crippen molar-refractivity contribution in [1.82, 2.24) is 15.0 Å². The molecule has 0 fully saturated rings. The third kappa shape index (κ3) is 4.36. The second kappa shape index (κ2) is 10.2. The lowest BCUT2D eigenvalue weighted by Gasteiger charge is -2.13. The molecular weight excluding hydrogens is 500 g/mol. The highest BCUT2D eigenvalue weighted by atomic mass is 14.8. The quantitative estimate of drug-likeness (QED) is 0.127. The molecule has 0 radical (unpaired) electrons. The number of para-hydroxylation sites is 1. The van der Waals surface area contributed by atoms with Crippen molar-refractivity contribution in [2.75, 3.05) is 0 Å². The van der Waals surface area contributed by atoms with E-state index in [-0.39, 0.29) is 0 Å². The molecule has 7 aromatic rings. The van der Waals surface area contributed by atoms with E-state index in [1.54, 1.807) is 0 Å². The molecule has 0 amide bonds. The minimum absolute atomic E-state index is 0.780. The summed E-state index contributed by atoms with van der Waals surface area (Å²) in [6, 6.07) is 38.0. The first kappa shape index (κ1) is 24.6. The topological polar surface area (TPSA) is 51.0 Å². The highest BCUT2D eigenvalue weighted by Crippen LogP contribution is 2.38. The van der Waals surface area contributed by atoms with Crippen molar-refractivity contribution in [3.8, 4) is 33.5 Å². The molecule has 194 valence electrons. The fourth-order valence-corrected chi connectivity index (χ4v) is 5.51. The summed E-state index contributed by atoms with van der Waals surface area (Å²) in [5.41, 5.74) is 11.0. The molecular formula is C37H26N4. The van der Waals surface area contributed by atoms with Crippen LogP contribution in [0.25, 0.3) is 72.3 Å². The number of hydrogen-bond donors (Lipinski definition) is 0. The smallest absolute Gasteiger partial charge is 0.0978 e. The van der Waals surface area contributed by atoms with Crippen molar-refractivity contribution in [2.24, 2.45) is 4.99 Å². The van der Waals surface area contributed by atoms with E-state index in [1.165, 1.54) is 5.56 Å². The fraction of sp³-hybridized carbons (Fsp3) is 0.0270. The summed E-state index contributed by atoms with van der Waals surface area (Å²) in [6.45, 7) is 5.63. The summed E-state index contributed by atoms with van der Waals surface area (Å²) in [5, 5.41) is 3.33. The number of rotatable bonds is 5. The Hall–Kier alpha value is -5.48. The number of fused-ring (bicyclic) bond motifs is 4. The van der Waals surface area contributed by atoms with Gasteiger partial charge in [-0.25, -0.2) is 9.97 Å². The summed E-state index contributed by atoms with van der Waals surface area (Å²) in [4.78, 5) is 18.6. The zero-order valence-electron chi connectivity index (χ0n) is 22.6. The Bertz CT molecular complexity index is 2110. The second-order valence-electron chi connectivity index (χ2n) is 9.95.